The molecule has 0 unspecified atom stereocenters. The molecule has 9 nitrogen and oxygen atoms in total. The van der Waals surface area contributed by atoms with Crippen molar-refractivity contribution < 1.29 is 23.5 Å². The summed E-state index contributed by atoms with van der Waals surface area (Å²) in [6.07, 6.45) is 1.08. The van der Waals surface area contributed by atoms with Crippen molar-refractivity contribution in [3.8, 4) is 21.9 Å². The molecule has 2 aromatic carbocycles. The van der Waals surface area contributed by atoms with Crippen molar-refractivity contribution in [1.82, 2.24) is 20.5 Å². The molecule has 5 aromatic rings. The van der Waals surface area contributed by atoms with E-state index in [1.165, 1.54) is 41.2 Å². The van der Waals surface area contributed by atoms with Gasteiger partial charge in [-0.1, -0.05) is 50.2 Å². The number of pyridine rings is 1. The molecule has 236 valence electrons. The lowest BCUT2D eigenvalue weighted by Gasteiger charge is -2.20. The van der Waals surface area contributed by atoms with E-state index < -0.39 is 17.8 Å². The van der Waals surface area contributed by atoms with E-state index in [1.54, 1.807) is 19.1 Å². The number of nitrogens with zero attached hydrogens (tertiary/aromatic N) is 3. The zero-order valence-corrected chi connectivity index (χ0v) is 26.5. The number of fused-ring (bicyclic) bond motifs is 1. The Balaban J connectivity index is 1.48. The van der Waals surface area contributed by atoms with Gasteiger partial charge in [-0.2, -0.15) is 0 Å². The van der Waals surface area contributed by atoms with Crippen LogP contribution in [0.2, 0.25) is 0 Å². The second-order valence-electron chi connectivity index (χ2n) is 11.9. The number of benzene rings is 2. The highest BCUT2D eigenvalue weighted by atomic mass is 32.1. The second-order valence-corrected chi connectivity index (χ2v) is 13.0. The molecule has 3 heterocycles. The number of aromatic nitrogens is 3. The lowest BCUT2D eigenvalue weighted by Crippen LogP contribution is -2.26. The second kappa shape index (κ2) is 12.9. The highest BCUT2D eigenvalue weighted by molar-refractivity contribution is 7.17. The van der Waals surface area contributed by atoms with E-state index in [1.807, 2.05) is 32.0 Å². The van der Waals surface area contributed by atoms with Gasteiger partial charge in [-0.05, 0) is 66.1 Å². The molecule has 4 N–H and O–H groups in total. The molecule has 1 aliphatic rings. The van der Waals surface area contributed by atoms with E-state index in [0.717, 1.165) is 18.4 Å². The van der Waals surface area contributed by atoms with E-state index >= 15 is 0 Å². The molecule has 0 saturated heterocycles. The smallest absolute Gasteiger partial charge is 0.261 e. The van der Waals surface area contributed by atoms with Gasteiger partial charge in [-0.15, -0.1) is 21.5 Å². The minimum atomic E-state index is -1.06. The van der Waals surface area contributed by atoms with Crippen molar-refractivity contribution in [2.75, 3.05) is 0 Å². The third-order valence-corrected chi connectivity index (χ3v) is 9.19. The topological polar surface area (TPSA) is 144 Å². The summed E-state index contributed by atoms with van der Waals surface area (Å²) in [5.74, 6) is -0.829. The Morgan fingerprint density at radius 2 is 1.80 bits per heavy atom. The molecule has 0 bridgehead atoms. The summed E-state index contributed by atoms with van der Waals surface area (Å²) in [6.45, 7) is 5.65. The highest BCUT2D eigenvalue weighted by Crippen LogP contribution is 2.42. The summed E-state index contributed by atoms with van der Waals surface area (Å²) in [7, 11) is 0. The summed E-state index contributed by atoms with van der Waals surface area (Å²) < 4.78 is 19.5. The summed E-state index contributed by atoms with van der Waals surface area (Å²) in [4.78, 5) is 32.7. The Morgan fingerprint density at radius 1 is 1.04 bits per heavy atom. The first-order valence-corrected chi connectivity index (χ1v) is 16.0. The predicted octanol–water partition coefficient (Wildman–Crippen LogP) is 6.30. The van der Waals surface area contributed by atoms with Crippen LogP contribution in [-0.2, 0) is 19.3 Å². The monoisotopic (exact) mass is 639 g/mol. The van der Waals surface area contributed by atoms with Crippen LogP contribution in [0.1, 0.15) is 86.4 Å². The van der Waals surface area contributed by atoms with Crippen LogP contribution in [0.5, 0.6) is 0 Å². The lowest BCUT2D eigenvalue weighted by molar-refractivity contribution is 0.0939. The van der Waals surface area contributed by atoms with Gasteiger partial charge in [-0.25, -0.2) is 4.39 Å². The van der Waals surface area contributed by atoms with E-state index in [-0.39, 0.29) is 35.7 Å². The number of carbonyl (C=O) groups excluding carboxylic acids is 2. The van der Waals surface area contributed by atoms with Crippen LogP contribution in [-0.4, -0.2) is 32.1 Å². The summed E-state index contributed by atoms with van der Waals surface area (Å²) in [5, 5.41) is 22.7. The predicted molar refractivity (Wildman–Crippen MR) is 173 cm³/mol. The first-order chi connectivity index (χ1) is 22.1. The minimum absolute atomic E-state index is 0.000657. The molecule has 1 aliphatic carbocycles. The number of aliphatic hydroxyl groups excluding tert-OH is 1. The number of nitrogens with one attached hydrogen (secondary N) is 1. The molecule has 2 amide bonds. The van der Waals surface area contributed by atoms with Crippen LogP contribution < -0.4 is 11.1 Å². The van der Waals surface area contributed by atoms with Gasteiger partial charge in [0.1, 0.15) is 5.82 Å². The van der Waals surface area contributed by atoms with Crippen LogP contribution in [0, 0.1) is 18.7 Å². The summed E-state index contributed by atoms with van der Waals surface area (Å²) >= 11 is 1.22. The Morgan fingerprint density at radius 3 is 2.50 bits per heavy atom. The SMILES string of the molecule is Cc1nnc(-c2c(C[C@@H](O)c3ccc(F)cc3)nc(CC(C)C)c(C(N)=O)c2-c2ccc(C(=O)N[C@H]3CCc4ccccc43)s2)o1. The van der Waals surface area contributed by atoms with Gasteiger partial charge in [0.25, 0.3) is 11.8 Å². The van der Waals surface area contributed by atoms with Gasteiger partial charge >= 0.3 is 0 Å². The number of halogens is 1. The van der Waals surface area contributed by atoms with Gasteiger partial charge in [-0.3, -0.25) is 14.6 Å². The number of hydrogen-bond acceptors (Lipinski definition) is 8. The fraction of sp³-hybridized carbons (Fsp3) is 0.286. The van der Waals surface area contributed by atoms with Gasteiger partial charge in [0.05, 0.1) is 39.5 Å². The van der Waals surface area contributed by atoms with Crippen LogP contribution in [0.15, 0.2) is 65.1 Å². The van der Waals surface area contributed by atoms with Crippen LogP contribution in [0.3, 0.4) is 0 Å². The largest absolute Gasteiger partial charge is 0.421 e. The van der Waals surface area contributed by atoms with Gasteiger partial charge in [0.2, 0.25) is 11.8 Å². The number of hydrogen-bond donors (Lipinski definition) is 3. The Hall–Kier alpha value is -4.74. The van der Waals surface area contributed by atoms with Gasteiger partial charge in [0, 0.05) is 23.8 Å². The lowest BCUT2D eigenvalue weighted by atomic mass is 9.90. The molecule has 0 aliphatic heterocycles. The average molecular weight is 640 g/mol. The van der Waals surface area contributed by atoms with Crippen molar-refractivity contribution in [2.24, 2.45) is 11.7 Å². The third kappa shape index (κ3) is 6.33. The zero-order chi connectivity index (χ0) is 32.5. The van der Waals surface area contributed by atoms with Crippen LogP contribution in [0.4, 0.5) is 4.39 Å². The number of thiophene rings is 1. The number of primary amides is 1. The molecule has 3 aromatic heterocycles. The minimum Gasteiger partial charge on any atom is -0.421 e. The van der Waals surface area contributed by atoms with Crippen molar-refractivity contribution in [3.05, 3.63) is 111 Å². The number of carbonyl (C=O) groups is 2. The van der Waals surface area contributed by atoms with Crippen molar-refractivity contribution in [2.45, 2.75) is 58.6 Å². The quantitative estimate of drug-likeness (QED) is 0.163. The van der Waals surface area contributed by atoms with E-state index in [2.05, 4.69) is 21.6 Å². The first kappa shape index (κ1) is 31.3. The maximum atomic E-state index is 13.6. The van der Waals surface area contributed by atoms with E-state index in [4.69, 9.17) is 15.1 Å². The molecule has 0 radical (unpaired) electrons. The molecule has 11 heteroatoms. The van der Waals surface area contributed by atoms with Crippen LogP contribution >= 0.6 is 11.3 Å². The Labute approximate surface area is 269 Å². The molecule has 46 heavy (non-hydrogen) atoms. The fourth-order valence-electron chi connectivity index (χ4n) is 6.03. The van der Waals surface area contributed by atoms with E-state index in [0.29, 0.717) is 50.1 Å². The molecule has 0 saturated carbocycles. The highest BCUT2D eigenvalue weighted by Gasteiger charge is 2.31. The summed E-state index contributed by atoms with van der Waals surface area (Å²) in [5.41, 5.74) is 10.7. The zero-order valence-electron chi connectivity index (χ0n) is 25.7. The third-order valence-electron chi connectivity index (χ3n) is 8.09. The molecular weight excluding hydrogens is 605 g/mol. The van der Waals surface area contributed by atoms with Gasteiger partial charge in [0.15, 0.2) is 0 Å². The number of nitrogens with two attached hydrogens (primary N) is 1. The maximum absolute atomic E-state index is 13.6. The Kier molecular flexibility index (Phi) is 8.79. The van der Waals surface area contributed by atoms with Crippen molar-refractivity contribution in [3.63, 3.8) is 0 Å². The number of aliphatic hydroxyl groups is 1. The number of amides is 2. The maximum Gasteiger partial charge on any atom is 0.261 e. The molecule has 0 fully saturated rings. The normalized spacial score (nSPS) is 14.8. The number of aryl methyl sites for hydroxylation is 2. The van der Waals surface area contributed by atoms with Crippen LogP contribution in [0.25, 0.3) is 21.9 Å². The molecule has 0 spiro atoms. The fourth-order valence-corrected chi connectivity index (χ4v) is 6.99. The van der Waals surface area contributed by atoms with E-state index in [9.17, 15) is 19.1 Å². The van der Waals surface area contributed by atoms with Gasteiger partial charge < -0.3 is 20.6 Å². The Bertz CT molecular complexity index is 1920. The summed E-state index contributed by atoms with van der Waals surface area (Å²) in [6, 6.07) is 17.1. The first-order valence-electron chi connectivity index (χ1n) is 15.2. The number of rotatable bonds is 10. The average Bonchev–Trinajstić information content (AvgIpc) is 3.77. The molecular formula is C35H34FN5O4S. The molecule has 2 atom stereocenters. The van der Waals surface area contributed by atoms with Crippen molar-refractivity contribution >= 4 is 23.2 Å². The standard InChI is InChI=1S/C35H34FN5O4S/c1-18(2)16-25-30(33(37)43)32(28-14-15-29(46-28)34(44)39-24-13-10-20-6-4-5-7-23(20)24)31(35-41-40-19(3)45-35)26(38-25)17-27(42)21-8-11-22(36)12-9-21/h4-9,11-12,14-15,18,24,27,42H,10,13,16-17H2,1-3H3,(H2,37,43)(H,39,44)/t24-,27+/m0/s1. The molecule has 6 rings (SSSR count). The van der Waals surface area contributed by atoms with Crippen molar-refractivity contribution in [1.29, 1.82) is 0 Å².